The van der Waals surface area contributed by atoms with Gasteiger partial charge in [0.05, 0.1) is 28.5 Å². The van der Waals surface area contributed by atoms with E-state index in [-0.39, 0.29) is 18.0 Å². The van der Waals surface area contributed by atoms with Crippen molar-refractivity contribution in [2.45, 2.75) is 44.9 Å². The first-order chi connectivity index (χ1) is 19.6. The molecule has 5 aromatic rings. The van der Waals surface area contributed by atoms with Crippen LogP contribution in [0.1, 0.15) is 44.9 Å². The third-order valence-electron chi connectivity index (χ3n) is 9.50. The van der Waals surface area contributed by atoms with Gasteiger partial charge in [-0.25, -0.2) is 4.98 Å². The van der Waals surface area contributed by atoms with Gasteiger partial charge in [-0.1, -0.05) is 0 Å². The zero-order chi connectivity index (χ0) is 26.7. The fraction of sp³-hybridized carbons (Fsp3) is 0.394. The van der Waals surface area contributed by atoms with Gasteiger partial charge in [-0.15, -0.1) is 0 Å². The van der Waals surface area contributed by atoms with E-state index < -0.39 is 0 Å². The lowest BCUT2D eigenvalue weighted by Gasteiger charge is -2.56. The second-order valence-corrected chi connectivity index (χ2v) is 12.3. The molecule has 0 amide bonds. The summed E-state index contributed by atoms with van der Waals surface area (Å²) in [5, 5.41) is 1.98. The topological polar surface area (TPSA) is 90.0 Å². The van der Waals surface area contributed by atoms with Gasteiger partial charge in [0.25, 0.3) is 0 Å². The summed E-state index contributed by atoms with van der Waals surface area (Å²) in [6, 6.07) is 15.8. The smallest absolute Gasteiger partial charge is 0.306 e. The number of hydrogen-bond donors (Lipinski definition) is 1. The number of fused-ring (bicyclic) bond motifs is 6. The summed E-state index contributed by atoms with van der Waals surface area (Å²) < 4.78 is 11.5. The van der Waals surface area contributed by atoms with Gasteiger partial charge >= 0.3 is 5.97 Å². The number of carbonyl (C=O) groups excluding carboxylic acids is 1. The number of carbonyl (C=O) groups is 1. The van der Waals surface area contributed by atoms with Crippen LogP contribution in [0.5, 0.6) is 5.75 Å². The highest BCUT2D eigenvalue weighted by Gasteiger charge is 2.51. The minimum Gasteiger partial charge on any atom is -0.490 e. The summed E-state index contributed by atoms with van der Waals surface area (Å²) in [6.45, 7) is 0.618. The van der Waals surface area contributed by atoms with Crippen molar-refractivity contribution in [2.24, 2.45) is 23.2 Å². The number of ether oxygens (including phenoxy) is 2. The summed E-state index contributed by atoms with van der Waals surface area (Å²) in [5.74, 6) is 3.99. The number of H-pyrrole nitrogens is 1. The number of aromatic nitrogens is 4. The van der Waals surface area contributed by atoms with Gasteiger partial charge in [-0.2, -0.15) is 0 Å². The average molecular weight is 533 g/mol. The molecule has 7 heteroatoms. The third-order valence-corrected chi connectivity index (χ3v) is 9.50. The van der Waals surface area contributed by atoms with Crippen LogP contribution >= 0.6 is 0 Å². The lowest BCUT2D eigenvalue weighted by Crippen LogP contribution is -2.47. The molecule has 2 aromatic carbocycles. The zero-order valence-corrected chi connectivity index (χ0v) is 22.4. The predicted octanol–water partition coefficient (Wildman–Crippen LogP) is 6.85. The Hall–Kier alpha value is -4.00. The molecule has 1 N–H and O–H groups in total. The predicted molar refractivity (Wildman–Crippen MR) is 154 cm³/mol. The van der Waals surface area contributed by atoms with Crippen LogP contribution in [0.2, 0.25) is 0 Å². The minimum atomic E-state index is -0.0590. The van der Waals surface area contributed by atoms with E-state index in [4.69, 9.17) is 14.5 Å². The molecular formula is C33H32N4O3. The zero-order valence-electron chi connectivity index (χ0n) is 22.4. The molecule has 4 fully saturated rings. The molecule has 4 aliphatic carbocycles. The van der Waals surface area contributed by atoms with Crippen molar-refractivity contribution >= 4 is 38.8 Å². The van der Waals surface area contributed by atoms with Crippen molar-refractivity contribution in [1.29, 1.82) is 0 Å². The fourth-order valence-corrected chi connectivity index (χ4v) is 8.37. The monoisotopic (exact) mass is 532 g/mol. The van der Waals surface area contributed by atoms with Crippen LogP contribution in [0.4, 0.5) is 0 Å². The number of imidazole rings is 1. The number of nitrogens with zero attached hydrogens (tertiary/aromatic N) is 3. The Kier molecular flexibility index (Phi) is 5.54. The highest BCUT2D eigenvalue weighted by atomic mass is 16.6. The van der Waals surface area contributed by atoms with E-state index >= 15 is 0 Å². The number of benzene rings is 2. The maximum atomic E-state index is 12.7. The van der Waals surface area contributed by atoms with Crippen LogP contribution in [0.3, 0.4) is 0 Å². The van der Waals surface area contributed by atoms with Gasteiger partial charge in [0.2, 0.25) is 0 Å². The normalized spacial score (nSPS) is 25.1. The summed E-state index contributed by atoms with van der Waals surface area (Å²) in [5.41, 5.74) is 4.72. The molecule has 0 spiro atoms. The Morgan fingerprint density at radius 2 is 1.48 bits per heavy atom. The van der Waals surface area contributed by atoms with E-state index in [0.29, 0.717) is 13.0 Å². The Morgan fingerprint density at radius 1 is 0.825 bits per heavy atom. The van der Waals surface area contributed by atoms with Crippen molar-refractivity contribution in [3.8, 4) is 17.1 Å². The van der Waals surface area contributed by atoms with Crippen molar-refractivity contribution < 1.29 is 14.3 Å². The first kappa shape index (κ1) is 23.9. The molecule has 0 unspecified atom stereocenters. The number of pyridine rings is 2. The molecule has 0 aliphatic heterocycles. The summed E-state index contributed by atoms with van der Waals surface area (Å²) in [4.78, 5) is 30.3. The van der Waals surface area contributed by atoms with E-state index in [1.807, 2.05) is 48.5 Å². The first-order valence-corrected chi connectivity index (χ1v) is 14.5. The maximum Gasteiger partial charge on any atom is 0.306 e. The van der Waals surface area contributed by atoms with Gasteiger partial charge in [-0.05, 0) is 110 Å². The van der Waals surface area contributed by atoms with Crippen molar-refractivity contribution in [3.63, 3.8) is 0 Å². The van der Waals surface area contributed by atoms with Gasteiger partial charge in [-0.3, -0.25) is 14.8 Å². The van der Waals surface area contributed by atoms with Gasteiger partial charge in [0.1, 0.15) is 24.8 Å². The van der Waals surface area contributed by atoms with Gasteiger partial charge < -0.3 is 14.5 Å². The van der Waals surface area contributed by atoms with E-state index in [1.165, 1.54) is 38.5 Å². The molecule has 0 radical (unpaired) electrons. The van der Waals surface area contributed by atoms with E-state index in [2.05, 4.69) is 15.0 Å². The van der Waals surface area contributed by atoms with Gasteiger partial charge in [0.15, 0.2) is 0 Å². The summed E-state index contributed by atoms with van der Waals surface area (Å²) >= 11 is 0. The maximum absolute atomic E-state index is 12.7. The Balaban J connectivity index is 0.921. The molecule has 3 heterocycles. The van der Waals surface area contributed by atoms with Crippen LogP contribution < -0.4 is 4.74 Å². The molecule has 0 saturated heterocycles. The summed E-state index contributed by atoms with van der Waals surface area (Å²) in [6.07, 6.45) is 12.0. The number of esters is 1. The molecule has 7 nitrogen and oxygen atoms in total. The molecule has 4 aliphatic rings. The lowest BCUT2D eigenvalue weighted by atomic mass is 9.49. The SMILES string of the molecule is O=C(CC12CC3CC(CC(C3)C1)C2)OCCOc1ccc(-c2nc3c4cccnc4c4ncccc4c3[nH]2)cc1. The van der Waals surface area contributed by atoms with Crippen LogP contribution in [0.15, 0.2) is 60.9 Å². The standard InChI is InChI=1S/C33H32N4O3/c38-27(19-33-16-20-13-21(17-33)15-22(14-20)18-33)40-12-11-39-24-7-5-23(6-8-24)32-36-30-25-3-1-9-34-28(25)29-26(31(30)37-32)4-2-10-35-29/h1-10,20-22H,11-19H2,(H,36,37). The third kappa shape index (κ3) is 4.10. The van der Waals surface area contributed by atoms with Crippen LogP contribution in [0, 0.1) is 23.2 Å². The van der Waals surface area contributed by atoms with E-state index in [1.54, 1.807) is 12.4 Å². The molecule has 9 rings (SSSR count). The minimum absolute atomic E-state index is 0.0590. The molecule has 202 valence electrons. The quantitative estimate of drug-likeness (QED) is 0.140. The fourth-order valence-electron chi connectivity index (χ4n) is 8.37. The molecule has 0 atom stereocenters. The highest BCUT2D eigenvalue weighted by molar-refractivity contribution is 6.21. The lowest BCUT2D eigenvalue weighted by molar-refractivity contribution is -0.152. The summed E-state index contributed by atoms with van der Waals surface area (Å²) in [7, 11) is 0. The molecule has 4 saturated carbocycles. The molecule has 40 heavy (non-hydrogen) atoms. The first-order valence-electron chi connectivity index (χ1n) is 14.5. The van der Waals surface area contributed by atoms with Crippen molar-refractivity contribution in [1.82, 2.24) is 19.9 Å². The average Bonchev–Trinajstić information content (AvgIpc) is 3.41. The van der Waals surface area contributed by atoms with Crippen LogP contribution in [-0.2, 0) is 9.53 Å². The Labute approximate surface area is 232 Å². The number of rotatable bonds is 7. The highest BCUT2D eigenvalue weighted by Crippen LogP contribution is 2.61. The molecular weight excluding hydrogens is 500 g/mol. The Bertz CT molecular complexity index is 1630. The van der Waals surface area contributed by atoms with Crippen molar-refractivity contribution in [2.75, 3.05) is 13.2 Å². The Morgan fingerprint density at radius 3 is 2.17 bits per heavy atom. The largest absolute Gasteiger partial charge is 0.490 e. The van der Waals surface area contributed by atoms with E-state index in [9.17, 15) is 4.79 Å². The second kappa shape index (κ2) is 9.29. The number of aromatic amines is 1. The molecule has 4 bridgehead atoms. The van der Waals surface area contributed by atoms with Crippen molar-refractivity contribution in [3.05, 3.63) is 60.9 Å². The number of hydrogen-bond acceptors (Lipinski definition) is 6. The molecule has 3 aromatic heterocycles. The van der Waals surface area contributed by atoms with Crippen LogP contribution in [-0.4, -0.2) is 39.1 Å². The van der Waals surface area contributed by atoms with Crippen LogP contribution in [0.25, 0.3) is 44.2 Å². The van der Waals surface area contributed by atoms with Gasteiger partial charge in [0, 0.05) is 28.7 Å². The number of nitrogens with one attached hydrogen (secondary N) is 1. The van der Waals surface area contributed by atoms with E-state index in [0.717, 1.165) is 67.7 Å². The second-order valence-electron chi connectivity index (χ2n) is 12.3.